The molecule has 0 atom stereocenters. The van der Waals surface area contributed by atoms with Crippen molar-refractivity contribution in [3.63, 3.8) is 0 Å². The first-order valence-electron chi connectivity index (χ1n) is 3.22. The van der Waals surface area contributed by atoms with Crippen molar-refractivity contribution >= 4 is 5.97 Å². The Bertz CT molecular complexity index is 262. The first-order valence-corrected chi connectivity index (χ1v) is 3.22. The lowest BCUT2D eigenvalue weighted by molar-refractivity contribution is -0.272. The van der Waals surface area contributed by atoms with Crippen LogP contribution in [-0.2, 0) is 4.79 Å². The highest BCUT2D eigenvalue weighted by atomic mass is 19.4. The van der Waals surface area contributed by atoms with Crippen LogP contribution in [-0.4, -0.2) is 28.5 Å². The van der Waals surface area contributed by atoms with E-state index in [9.17, 15) is 31.1 Å². The Morgan fingerprint density at radius 1 is 1.07 bits per heavy atom. The SMILES string of the molecule is O=C(O)C(=CO)C(C(F)(F)F)C(F)(F)F. The van der Waals surface area contributed by atoms with E-state index in [1.807, 2.05) is 0 Å². The smallest absolute Gasteiger partial charge is 0.404 e. The molecule has 3 nitrogen and oxygen atoms in total. The number of hydrogen-bond donors (Lipinski definition) is 2. The van der Waals surface area contributed by atoms with E-state index < -0.39 is 36.1 Å². The Morgan fingerprint density at radius 3 is 1.47 bits per heavy atom. The lowest BCUT2D eigenvalue weighted by atomic mass is 9.99. The zero-order valence-electron chi connectivity index (χ0n) is 6.73. The van der Waals surface area contributed by atoms with E-state index in [1.165, 1.54) is 0 Å². The second-order valence-corrected chi connectivity index (χ2v) is 2.41. The third-order valence-corrected chi connectivity index (χ3v) is 1.35. The molecule has 0 amide bonds. The molecule has 0 aliphatic heterocycles. The Hall–Kier alpha value is -1.41. The standard InChI is InChI=1S/C6H4F6O3/c7-5(8,9)3(6(10,11)12)2(1-13)4(14)15/h1,3,13H,(H,14,15). The van der Waals surface area contributed by atoms with Crippen LogP contribution in [0.3, 0.4) is 0 Å². The fraction of sp³-hybridized carbons (Fsp3) is 0.500. The minimum Gasteiger partial charge on any atom is -0.515 e. The van der Waals surface area contributed by atoms with Crippen LogP contribution >= 0.6 is 0 Å². The van der Waals surface area contributed by atoms with Crippen LogP contribution in [0.5, 0.6) is 0 Å². The molecule has 0 aromatic rings. The second kappa shape index (κ2) is 3.99. The van der Waals surface area contributed by atoms with Crippen LogP contribution in [0.4, 0.5) is 26.3 Å². The fourth-order valence-corrected chi connectivity index (χ4v) is 0.791. The molecule has 2 N–H and O–H groups in total. The van der Waals surface area contributed by atoms with Crippen LogP contribution in [0.25, 0.3) is 0 Å². The number of carbonyl (C=O) groups is 1. The average molecular weight is 238 g/mol. The van der Waals surface area contributed by atoms with E-state index in [2.05, 4.69) is 0 Å². The number of aliphatic hydroxyl groups is 1. The number of carboxylic acid groups (broad SMARTS) is 1. The molecule has 0 aromatic carbocycles. The zero-order valence-corrected chi connectivity index (χ0v) is 6.73. The van der Waals surface area contributed by atoms with Crippen molar-refractivity contribution in [2.24, 2.45) is 5.92 Å². The summed E-state index contributed by atoms with van der Waals surface area (Å²) >= 11 is 0. The van der Waals surface area contributed by atoms with Crippen molar-refractivity contribution in [3.8, 4) is 0 Å². The first-order chi connectivity index (χ1) is 6.51. The molecule has 0 saturated carbocycles. The van der Waals surface area contributed by atoms with E-state index in [0.29, 0.717) is 0 Å². The molecular formula is C6H4F6O3. The Morgan fingerprint density at radius 2 is 1.40 bits per heavy atom. The van der Waals surface area contributed by atoms with Crippen LogP contribution in [0.2, 0.25) is 0 Å². The largest absolute Gasteiger partial charge is 0.515 e. The molecule has 0 rings (SSSR count). The summed E-state index contributed by atoms with van der Waals surface area (Å²) in [6, 6.07) is 0. The maximum Gasteiger partial charge on any atom is 0.404 e. The molecular weight excluding hydrogens is 234 g/mol. The van der Waals surface area contributed by atoms with Gasteiger partial charge in [-0.25, -0.2) is 4.79 Å². The molecule has 0 aliphatic carbocycles. The highest BCUT2D eigenvalue weighted by Gasteiger charge is 2.60. The van der Waals surface area contributed by atoms with Gasteiger partial charge in [-0.1, -0.05) is 0 Å². The molecule has 0 bridgehead atoms. The van der Waals surface area contributed by atoms with Crippen molar-refractivity contribution in [1.29, 1.82) is 0 Å². The summed E-state index contributed by atoms with van der Waals surface area (Å²) in [7, 11) is 0. The normalized spacial score (nSPS) is 14.5. The number of halogens is 6. The van der Waals surface area contributed by atoms with Gasteiger partial charge in [0.05, 0.1) is 11.8 Å². The van der Waals surface area contributed by atoms with Gasteiger partial charge in [-0.05, 0) is 0 Å². The van der Waals surface area contributed by atoms with Crippen LogP contribution in [0, 0.1) is 5.92 Å². The molecule has 0 fully saturated rings. The summed E-state index contributed by atoms with van der Waals surface area (Å²) in [4.78, 5) is 10.0. The molecule has 88 valence electrons. The van der Waals surface area contributed by atoms with Crippen molar-refractivity contribution in [2.45, 2.75) is 12.4 Å². The quantitative estimate of drug-likeness (QED) is 0.440. The van der Waals surface area contributed by atoms with E-state index in [0.717, 1.165) is 0 Å². The Labute approximate surface area is 78.6 Å². The number of rotatable bonds is 2. The van der Waals surface area contributed by atoms with E-state index in [-0.39, 0.29) is 0 Å². The Kier molecular flexibility index (Phi) is 3.61. The van der Waals surface area contributed by atoms with Gasteiger partial charge in [0.15, 0.2) is 5.92 Å². The molecule has 0 aliphatic rings. The molecule has 0 heterocycles. The van der Waals surface area contributed by atoms with Crippen molar-refractivity contribution in [1.82, 2.24) is 0 Å². The summed E-state index contributed by atoms with van der Waals surface area (Å²) in [6.45, 7) is 0. The van der Waals surface area contributed by atoms with Crippen LogP contribution < -0.4 is 0 Å². The molecule has 0 spiro atoms. The molecule has 15 heavy (non-hydrogen) atoms. The molecule has 0 radical (unpaired) electrons. The second-order valence-electron chi connectivity index (χ2n) is 2.41. The van der Waals surface area contributed by atoms with Crippen molar-refractivity contribution in [2.75, 3.05) is 0 Å². The van der Waals surface area contributed by atoms with Gasteiger partial charge in [0.1, 0.15) is 0 Å². The number of alkyl halides is 6. The third-order valence-electron chi connectivity index (χ3n) is 1.35. The Balaban J connectivity index is 5.41. The van der Waals surface area contributed by atoms with Gasteiger partial charge in [-0.15, -0.1) is 0 Å². The van der Waals surface area contributed by atoms with Crippen molar-refractivity contribution in [3.05, 3.63) is 11.8 Å². The molecule has 0 unspecified atom stereocenters. The summed E-state index contributed by atoms with van der Waals surface area (Å²) in [5, 5.41) is 16.1. The lowest BCUT2D eigenvalue weighted by Gasteiger charge is -2.22. The maximum atomic E-state index is 11.9. The number of hydrogen-bond acceptors (Lipinski definition) is 2. The minimum atomic E-state index is -5.83. The van der Waals surface area contributed by atoms with Gasteiger partial charge in [-0.3, -0.25) is 0 Å². The van der Waals surface area contributed by atoms with Gasteiger partial charge < -0.3 is 10.2 Å². The van der Waals surface area contributed by atoms with Gasteiger partial charge in [0.25, 0.3) is 0 Å². The minimum absolute atomic E-state index is 0.714. The molecule has 0 saturated heterocycles. The summed E-state index contributed by atoms with van der Waals surface area (Å²) in [6.07, 6.45) is -12.4. The predicted octanol–water partition coefficient (Wildman–Crippen LogP) is 2.25. The third kappa shape index (κ3) is 3.33. The number of carboxylic acids is 1. The predicted molar refractivity (Wildman–Crippen MR) is 33.9 cm³/mol. The summed E-state index contributed by atoms with van der Waals surface area (Å²) in [5.74, 6) is -6.69. The average Bonchev–Trinajstić information content (AvgIpc) is 1.93. The van der Waals surface area contributed by atoms with Gasteiger partial charge in [0, 0.05) is 0 Å². The molecule has 0 aromatic heterocycles. The fourth-order valence-electron chi connectivity index (χ4n) is 0.791. The summed E-state index contributed by atoms with van der Waals surface area (Å²) in [5.41, 5.74) is -2.17. The van der Waals surface area contributed by atoms with Crippen molar-refractivity contribution < 1.29 is 41.4 Å². The van der Waals surface area contributed by atoms with E-state index in [1.54, 1.807) is 0 Å². The van der Waals surface area contributed by atoms with Gasteiger partial charge in [0.2, 0.25) is 0 Å². The maximum absolute atomic E-state index is 11.9. The van der Waals surface area contributed by atoms with Crippen LogP contribution in [0.15, 0.2) is 11.8 Å². The first kappa shape index (κ1) is 13.6. The lowest BCUT2D eigenvalue weighted by Crippen LogP contribution is -2.40. The highest BCUT2D eigenvalue weighted by molar-refractivity contribution is 5.87. The van der Waals surface area contributed by atoms with E-state index >= 15 is 0 Å². The van der Waals surface area contributed by atoms with E-state index in [4.69, 9.17) is 10.2 Å². The topological polar surface area (TPSA) is 57.5 Å². The number of aliphatic hydroxyl groups excluding tert-OH is 1. The summed E-state index contributed by atoms with van der Waals surface area (Å²) < 4.78 is 71.3. The zero-order chi connectivity index (χ0) is 12.4. The molecule has 9 heteroatoms. The van der Waals surface area contributed by atoms with Gasteiger partial charge in [-0.2, -0.15) is 26.3 Å². The van der Waals surface area contributed by atoms with Gasteiger partial charge >= 0.3 is 18.3 Å². The number of aliphatic carboxylic acids is 1. The monoisotopic (exact) mass is 238 g/mol. The highest BCUT2D eigenvalue weighted by Crippen LogP contribution is 2.43. The van der Waals surface area contributed by atoms with Crippen LogP contribution in [0.1, 0.15) is 0 Å².